The molecular formula is C19H18FNO4. The fourth-order valence-corrected chi connectivity index (χ4v) is 2.63. The van der Waals surface area contributed by atoms with E-state index in [0.717, 1.165) is 11.3 Å². The maximum absolute atomic E-state index is 13.4. The van der Waals surface area contributed by atoms with Gasteiger partial charge in [-0.3, -0.25) is 4.79 Å². The van der Waals surface area contributed by atoms with E-state index in [1.165, 1.54) is 12.1 Å². The average Bonchev–Trinajstić information content (AvgIpc) is 3.05. The molecule has 2 N–H and O–H groups in total. The minimum absolute atomic E-state index is 0.124. The summed E-state index contributed by atoms with van der Waals surface area (Å²) in [6.07, 6.45) is 3.66. The number of ether oxygens (including phenoxy) is 2. The van der Waals surface area contributed by atoms with Gasteiger partial charge >= 0.3 is 5.97 Å². The van der Waals surface area contributed by atoms with Gasteiger partial charge in [0.2, 0.25) is 6.79 Å². The SMILES string of the molecule is O=C(O)CC(NC/C=C/c1ccc2c(c1)OCO2)c1cccc(F)c1. The Kier molecular flexibility index (Phi) is 5.30. The van der Waals surface area contributed by atoms with Gasteiger partial charge in [-0.05, 0) is 35.4 Å². The van der Waals surface area contributed by atoms with E-state index in [1.54, 1.807) is 12.1 Å². The van der Waals surface area contributed by atoms with Crippen LogP contribution in [0.3, 0.4) is 0 Å². The number of carboxylic acid groups (broad SMARTS) is 1. The van der Waals surface area contributed by atoms with Crippen LogP contribution >= 0.6 is 0 Å². The Balaban J connectivity index is 1.62. The highest BCUT2D eigenvalue weighted by Crippen LogP contribution is 2.32. The average molecular weight is 343 g/mol. The largest absolute Gasteiger partial charge is 0.481 e. The van der Waals surface area contributed by atoms with Gasteiger partial charge in [-0.25, -0.2) is 4.39 Å². The third-order valence-electron chi connectivity index (χ3n) is 3.82. The van der Waals surface area contributed by atoms with E-state index >= 15 is 0 Å². The van der Waals surface area contributed by atoms with Crippen molar-refractivity contribution in [3.05, 3.63) is 65.5 Å². The van der Waals surface area contributed by atoms with Crippen molar-refractivity contribution in [3.63, 3.8) is 0 Å². The third-order valence-corrected chi connectivity index (χ3v) is 3.82. The zero-order valence-electron chi connectivity index (χ0n) is 13.4. The standard InChI is InChI=1S/C19H18FNO4/c20-15-5-1-4-14(10-15)16(11-19(22)23)21-8-2-3-13-6-7-17-18(9-13)25-12-24-17/h1-7,9-10,16,21H,8,11-12H2,(H,22,23)/b3-2+. The molecule has 1 atom stereocenters. The van der Waals surface area contributed by atoms with E-state index in [9.17, 15) is 9.18 Å². The van der Waals surface area contributed by atoms with E-state index < -0.39 is 12.0 Å². The summed E-state index contributed by atoms with van der Waals surface area (Å²) >= 11 is 0. The minimum atomic E-state index is -0.943. The van der Waals surface area contributed by atoms with Crippen LogP contribution in [-0.2, 0) is 4.79 Å². The number of benzene rings is 2. The number of rotatable bonds is 7. The monoisotopic (exact) mass is 343 g/mol. The summed E-state index contributed by atoms with van der Waals surface area (Å²) in [7, 11) is 0. The fraction of sp³-hybridized carbons (Fsp3) is 0.211. The molecule has 5 nitrogen and oxygen atoms in total. The molecule has 1 aliphatic rings. The molecule has 3 rings (SSSR count). The number of halogens is 1. The number of nitrogens with one attached hydrogen (secondary N) is 1. The minimum Gasteiger partial charge on any atom is -0.481 e. The zero-order valence-corrected chi connectivity index (χ0v) is 13.4. The van der Waals surface area contributed by atoms with Crippen molar-refractivity contribution in [1.82, 2.24) is 5.32 Å². The Morgan fingerprint density at radius 2 is 2.08 bits per heavy atom. The first-order valence-electron chi connectivity index (χ1n) is 7.88. The van der Waals surface area contributed by atoms with E-state index in [4.69, 9.17) is 14.6 Å². The van der Waals surface area contributed by atoms with Crippen LogP contribution in [0.4, 0.5) is 4.39 Å². The van der Waals surface area contributed by atoms with E-state index in [0.29, 0.717) is 17.9 Å². The van der Waals surface area contributed by atoms with Crippen LogP contribution in [0, 0.1) is 5.82 Å². The number of fused-ring (bicyclic) bond motifs is 1. The summed E-state index contributed by atoms with van der Waals surface area (Å²) in [4.78, 5) is 11.1. The van der Waals surface area contributed by atoms with Crippen molar-refractivity contribution < 1.29 is 23.8 Å². The van der Waals surface area contributed by atoms with Gasteiger partial charge in [0.05, 0.1) is 6.42 Å². The van der Waals surface area contributed by atoms with E-state index in [1.807, 2.05) is 30.4 Å². The summed E-state index contributed by atoms with van der Waals surface area (Å²) < 4.78 is 24.0. The van der Waals surface area contributed by atoms with Gasteiger partial charge in [-0.1, -0.05) is 30.4 Å². The predicted molar refractivity (Wildman–Crippen MR) is 91.0 cm³/mol. The van der Waals surface area contributed by atoms with Crippen molar-refractivity contribution >= 4 is 12.0 Å². The Morgan fingerprint density at radius 3 is 2.88 bits per heavy atom. The molecule has 6 heteroatoms. The molecule has 2 aromatic rings. The number of hydrogen-bond acceptors (Lipinski definition) is 4. The number of hydrogen-bond donors (Lipinski definition) is 2. The summed E-state index contributed by atoms with van der Waals surface area (Å²) in [5, 5.41) is 12.2. The maximum Gasteiger partial charge on any atom is 0.305 e. The lowest BCUT2D eigenvalue weighted by Gasteiger charge is -2.16. The van der Waals surface area contributed by atoms with Crippen molar-refractivity contribution in [2.45, 2.75) is 12.5 Å². The smallest absolute Gasteiger partial charge is 0.305 e. The normalized spacial score (nSPS) is 14.0. The van der Waals surface area contributed by atoms with Crippen molar-refractivity contribution in [2.75, 3.05) is 13.3 Å². The Hall–Kier alpha value is -2.86. The van der Waals surface area contributed by atoms with Gasteiger partial charge in [0, 0.05) is 12.6 Å². The summed E-state index contributed by atoms with van der Waals surface area (Å²) in [6, 6.07) is 11.1. The first-order chi connectivity index (χ1) is 12.1. The van der Waals surface area contributed by atoms with Gasteiger partial charge in [0.25, 0.3) is 0 Å². The Bertz CT molecular complexity index is 791. The first-order valence-corrected chi connectivity index (χ1v) is 7.88. The highest BCUT2D eigenvalue weighted by Gasteiger charge is 2.15. The molecule has 0 saturated carbocycles. The van der Waals surface area contributed by atoms with Gasteiger partial charge in [-0.2, -0.15) is 0 Å². The van der Waals surface area contributed by atoms with E-state index in [2.05, 4.69) is 5.32 Å². The number of carbonyl (C=O) groups is 1. The molecule has 1 unspecified atom stereocenters. The summed E-state index contributed by atoms with van der Waals surface area (Å²) in [5.74, 6) is 0.105. The van der Waals surface area contributed by atoms with Crippen molar-refractivity contribution in [3.8, 4) is 11.5 Å². The Labute approximate surface area is 144 Å². The lowest BCUT2D eigenvalue weighted by molar-refractivity contribution is -0.137. The predicted octanol–water partition coefficient (Wildman–Crippen LogP) is 3.37. The zero-order chi connectivity index (χ0) is 17.6. The van der Waals surface area contributed by atoms with Gasteiger partial charge in [0.1, 0.15) is 5.82 Å². The quantitative estimate of drug-likeness (QED) is 0.807. The van der Waals surface area contributed by atoms with Crippen LogP contribution in [-0.4, -0.2) is 24.4 Å². The lowest BCUT2D eigenvalue weighted by atomic mass is 10.0. The molecule has 0 fully saturated rings. The molecule has 0 amide bonds. The maximum atomic E-state index is 13.4. The molecule has 1 heterocycles. The molecule has 0 spiro atoms. The van der Waals surface area contributed by atoms with Crippen molar-refractivity contribution in [2.24, 2.45) is 0 Å². The summed E-state index contributed by atoms with van der Waals surface area (Å²) in [6.45, 7) is 0.678. The van der Waals surface area contributed by atoms with Crippen LogP contribution in [0.2, 0.25) is 0 Å². The van der Waals surface area contributed by atoms with E-state index in [-0.39, 0.29) is 19.0 Å². The molecule has 0 aliphatic carbocycles. The molecule has 0 bridgehead atoms. The van der Waals surface area contributed by atoms with Gasteiger partial charge in [-0.15, -0.1) is 0 Å². The second-order valence-corrected chi connectivity index (χ2v) is 5.63. The number of aliphatic carboxylic acids is 1. The molecule has 0 saturated heterocycles. The van der Waals surface area contributed by atoms with Crippen LogP contribution in [0.25, 0.3) is 6.08 Å². The Morgan fingerprint density at radius 1 is 1.24 bits per heavy atom. The number of carboxylic acids is 1. The highest BCUT2D eigenvalue weighted by atomic mass is 19.1. The molecule has 130 valence electrons. The lowest BCUT2D eigenvalue weighted by Crippen LogP contribution is -2.24. The van der Waals surface area contributed by atoms with Crippen LogP contribution in [0.5, 0.6) is 11.5 Å². The van der Waals surface area contributed by atoms with Crippen LogP contribution in [0.15, 0.2) is 48.5 Å². The molecule has 0 aromatic heterocycles. The second-order valence-electron chi connectivity index (χ2n) is 5.63. The third kappa shape index (κ3) is 4.58. The highest BCUT2D eigenvalue weighted by molar-refractivity contribution is 5.68. The molecular weight excluding hydrogens is 325 g/mol. The first kappa shape index (κ1) is 17.0. The second kappa shape index (κ2) is 7.81. The van der Waals surface area contributed by atoms with Crippen LogP contribution in [0.1, 0.15) is 23.6 Å². The topological polar surface area (TPSA) is 67.8 Å². The molecule has 2 aromatic carbocycles. The van der Waals surface area contributed by atoms with Gasteiger partial charge in [0.15, 0.2) is 11.5 Å². The van der Waals surface area contributed by atoms with Crippen molar-refractivity contribution in [1.29, 1.82) is 0 Å². The summed E-state index contributed by atoms with van der Waals surface area (Å²) in [5.41, 5.74) is 1.56. The van der Waals surface area contributed by atoms with Gasteiger partial charge < -0.3 is 19.9 Å². The molecule has 1 aliphatic heterocycles. The molecule has 25 heavy (non-hydrogen) atoms. The fourth-order valence-electron chi connectivity index (χ4n) is 2.63. The van der Waals surface area contributed by atoms with Crippen LogP contribution < -0.4 is 14.8 Å². The molecule has 0 radical (unpaired) electrons.